The van der Waals surface area contributed by atoms with E-state index in [1.54, 1.807) is 7.11 Å². The van der Waals surface area contributed by atoms with Gasteiger partial charge in [0.05, 0.1) is 23.7 Å². The SMILES string of the molecule is COC1=C(c2c[nH]c3ccccc23)C(=O)/C1=C\C1=[N+](C)c2ccc(Cl)cc2C1(C)C. The lowest BCUT2D eigenvalue weighted by Crippen LogP contribution is -2.30. The highest BCUT2D eigenvalue weighted by Crippen LogP contribution is 2.44. The number of allylic oxidation sites excluding steroid dienone is 3. The predicted octanol–water partition coefficient (Wildman–Crippen LogP) is 5.39. The van der Waals surface area contributed by atoms with Gasteiger partial charge < -0.3 is 9.72 Å². The van der Waals surface area contributed by atoms with Crippen molar-refractivity contribution < 1.29 is 14.1 Å². The predicted molar refractivity (Wildman–Crippen MR) is 121 cm³/mol. The highest BCUT2D eigenvalue weighted by Gasteiger charge is 2.46. The molecular formula is C25H22ClN2O2+. The number of halogens is 1. The topological polar surface area (TPSA) is 45.1 Å². The molecule has 2 aliphatic rings. The Hall–Kier alpha value is -3.11. The third-order valence-corrected chi connectivity index (χ3v) is 6.52. The van der Waals surface area contributed by atoms with Gasteiger partial charge in [0.2, 0.25) is 11.5 Å². The van der Waals surface area contributed by atoms with E-state index in [9.17, 15) is 4.79 Å². The number of rotatable bonds is 3. The Labute approximate surface area is 180 Å². The molecule has 0 saturated heterocycles. The molecule has 1 aliphatic heterocycles. The Morgan fingerprint density at radius 3 is 2.70 bits per heavy atom. The van der Waals surface area contributed by atoms with E-state index in [-0.39, 0.29) is 11.2 Å². The Morgan fingerprint density at radius 2 is 1.93 bits per heavy atom. The average Bonchev–Trinajstić information content (AvgIpc) is 3.21. The van der Waals surface area contributed by atoms with Crippen LogP contribution in [0.3, 0.4) is 0 Å². The summed E-state index contributed by atoms with van der Waals surface area (Å²) in [4.78, 5) is 16.5. The van der Waals surface area contributed by atoms with Gasteiger partial charge in [0.25, 0.3) is 0 Å². The van der Waals surface area contributed by atoms with Crippen LogP contribution >= 0.6 is 11.6 Å². The third kappa shape index (κ3) is 2.47. The van der Waals surface area contributed by atoms with Crippen LogP contribution in [0.2, 0.25) is 5.02 Å². The molecule has 0 bridgehead atoms. The van der Waals surface area contributed by atoms with Gasteiger partial charge in [-0.2, -0.15) is 4.58 Å². The lowest BCUT2D eigenvalue weighted by molar-refractivity contribution is -0.401. The van der Waals surface area contributed by atoms with Crippen LogP contribution in [0.25, 0.3) is 16.5 Å². The molecule has 5 rings (SSSR count). The second-order valence-corrected chi connectivity index (χ2v) is 8.71. The number of fused-ring (bicyclic) bond motifs is 2. The number of ketones is 1. The number of methoxy groups -OCH3 is 1. The van der Waals surface area contributed by atoms with Crippen molar-refractivity contribution >= 4 is 45.3 Å². The Kier molecular flexibility index (Phi) is 4.06. The Bertz CT molecular complexity index is 1340. The summed E-state index contributed by atoms with van der Waals surface area (Å²) in [6.07, 6.45) is 3.84. The van der Waals surface area contributed by atoms with E-state index in [4.69, 9.17) is 16.3 Å². The largest absolute Gasteiger partial charge is 0.495 e. The van der Waals surface area contributed by atoms with Crippen molar-refractivity contribution in [2.24, 2.45) is 0 Å². The first kappa shape index (κ1) is 18.9. The summed E-state index contributed by atoms with van der Waals surface area (Å²) >= 11 is 6.26. The number of carbonyl (C=O) groups is 1. The number of nitrogens with zero attached hydrogens (tertiary/aromatic N) is 1. The van der Waals surface area contributed by atoms with Crippen LogP contribution in [-0.4, -0.2) is 35.2 Å². The molecule has 0 amide bonds. The number of nitrogens with one attached hydrogen (secondary N) is 1. The lowest BCUT2D eigenvalue weighted by Gasteiger charge is -2.25. The molecule has 2 aromatic carbocycles. The van der Waals surface area contributed by atoms with Crippen LogP contribution in [0.1, 0.15) is 25.0 Å². The van der Waals surface area contributed by atoms with Crippen molar-refractivity contribution in [3.63, 3.8) is 0 Å². The number of aromatic amines is 1. The van der Waals surface area contributed by atoms with Crippen molar-refractivity contribution in [1.82, 2.24) is 4.98 Å². The smallest absolute Gasteiger partial charge is 0.209 e. The fourth-order valence-electron chi connectivity index (χ4n) is 4.68. The Balaban J connectivity index is 1.64. The van der Waals surface area contributed by atoms with Crippen LogP contribution < -0.4 is 0 Å². The monoisotopic (exact) mass is 417 g/mol. The van der Waals surface area contributed by atoms with Gasteiger partial charge in [0, 0.05) is 45.4 Å². The summed E-state index contributed by atoms with van der Waals surface area (Å²) in [5.74, 6) is 0.637. The van der Waals surface area contributed by atoms with Crippen molar-refractivity contribution in [3.8, 4) is 0 Å². The molecule has 0 spiro atoms. The molecule has 0 atom stereocenters. The van der Waals surface area contributed by atoms with Crippen molar-refractivity contribution in [1.29, 1.82) is 0 Å². The fraction of sp³-hybridized carbons (Fsp3) is 0.200. The van der Waals surface area contributed by atoms with Crippen LogP contribution in [0.15, 0.2) is 66.1 Å². The van der Waals surface area contributed by atoms with Crippen LogP contribution in [0, 0.1) is 0 Å². The van der Waals surface area contributed by atoms with Gasteiger partial charge in [-0.3, -0.25) is 4.79 Å². The van der Waals surface area contributed by atoms with Crippen LogP contribution in [-0.2, 0) is 14.9 Å². The second-order valence-electron chi connectivity index (χ2n) is 8.27. The first-order valence-electron chi connectivity index (χ1n) is 9.87. The molecule has 1 N–H and O–H groups in total. The second kappa shape index (κ2) is 6.44. The van der Waals surface area contributed by atoms with E-state index in [0.29, 0.717) is 21.9 Å². The van der Waals surface area contributed by atoms with E-state index in [2.05, 4.69) is 23.4 Å². The van der Waals surface area contributed by atoms with Crippen molar-refractivity contribution in [2.45, 2.75) is 19.3 Å². The number of H-pyrrole nitrogens is 1. The summed E-state index contributed by atoms with van der Waals surface area (Å²) in [5.41, 5.74) is 6.11. The van der Waals surface area contributed by atoms with Gasteiger partial charge in [-0.1, -0.05) is 29.8 Å². The molecule has 1 aromatic heterocycles. The average molecular weight is 418 g/mol. The fourth-order valence-corrected chi connectivity index (χ4v) is 4.85. The quantitative estimate of drug-likeness (QED) is 0.458. The normalized spacial score (nSPS) is 19.0. The Morgan fingerprint density at radius 1 is 1.17 bits per heavy atom. The number of carbonyl (C=O) groups excluding carboxylic acids is 1. The molecule has 150 valence electrons. The molecule has 4 nitrogen and oxygen atoms in total. The third-order valence-electron chi connectivity index (χ3n) is 6.28. The summed E-state index contributed by atoms with van der Waals surface area (Å²) in [6.45, 7) is 4.30. The van der Waals surface area contributed by atoms with Crippen LogP contribution in [0.4, 0.5) is 5.69 Å². The summed E-state index contributed by atoms with van der Waals surface area (Å²) in [5, 5.41) is 1.73. The number of hydrogen-bond acceptors (Lipinski definition) is 2. The van der Waals surface area contributed by atoms with Gasteiger partial charge in [0.1, 0.15) is 12.8 Å². The first-order valence-corrected chi connectivity index (χ1v) is 10.2. The van der Waals surface area contributed by atoms with Gasteiger partial charge in [-0.15, -0.1) is 0 Å². The van der Waals surface area contributed by atoms with E-state index in [1.807, 2.05) is 61.8 Å². The molecule has 3 aromatic rings. The van der Waals surface area contributed by atoms with Gasteiger partial charge in [-0.05, 0) is 32.0 Å². The zero-order valence-electron chi connectivity index (χ0n) is 17.3. The zero-order chi connectivity index (χ0) is 21.2. The lowest BCUT2D eigenvalue weighted by atomic mass is 9.77. The molecule has 1 aliphatic carbocycles. The highest BCUT2D eigenvalue weighted by molar-refractivity contribution is 6.41. The summed E-state index contributed by atoms with van der Waals surface area (Å²) in [7, 11) is 3.64. The molecule has 2 heterocycles. The number of benzene rings is 2. The van der Waals surface area contributed by atoms with Gasteiger partial charge in [-0.25, -0.2) is 0 Å². The molecule has 5 heteroatoms. The van der Waals surface area contributed by atoms with Crippen LogP contribution in [0.5, 0.6) is 0 Å². The maximum atomic E-state index is 13.2. The summed E-state index contributed by atoms with van der Waals surface area (Å²) in [6, 6.07) is 13.9. The maximum Gasteiger partial charge on any atom is 0.209 e. The molecule has 0 fully saturated rings. The highest BCUT2D eigenvalue weighted by atomic mass is 35.5. The van der Waals surface area contributed by atoms with E-state index in [0.717, 1.165) is 33.4 Å². The number of Topliss-reactive ketones (excluding diaryl/α,β-unsaturated/α-hetero) is 1. The standard InChI is InChI=1S/C25H21ClN2O2/c1-25(2)18-11-14(26)9-10-20(18)28(3)21(25)12-16-23(29)22(24(16)30-4)17-13-27-19-8-6-5-7-15(17)19/h5-13H,1-4H3/p+1. The van der Waals surface area contributed by atoms with Crippen molar-refractivity contribution in [3.05, 3.63) is 82.2 Å². The first-order chi connectivity index (χ1) is 14.3. The zero-order valence-corrected chi connectivity index (χ0v) is 18.1. The molecule has 0 unspecified atom stereocenters. The molecule has 0 radical (unpaired) electrons. The minimum absolute atomic E-state index is 0.00212. The number of para-hydroxylation sites is 1. The number of hydrogen-bond donors (Lipinski definition) is 1. The minimum atomic E-state index is -0.280. The molecule has 30 heavy (non-hydrogen) atoms. The number of aromatic nitrogens is 1. The van der Waals surface area contributed by atoms with Gasteiger partial charge >= 0.3 is 0 Å². The minimum Gasteiger partial charge on any atom is -0.495 e. The van der Waals surface area contributed by atoms with Crippen molar-refractivity contribution in [2.75, 3.05) is 14.2 Å². The van der Waals surface area contributed by atoms with E-state index >= 15 is 0 Å². The molecular weight excluding hydrogens is 396 g/mol. The summed E-state index contributed by atoms with van der Waals surface area (Å²) < 4.78 is 7.82. The van der Waals surface area contributed by atoms with Gasteiger partial charge in [0.15, 0.2) is 5.71 Å². The molecule has 0 saturated carbocycles. The van der Waals surface area contributed by atoms with E-state index < -0.39 is 0 Å². The van der Waals surface area contributed by atoms with E-state index in [1.165, 1.54) is 0 Å². The number of ether oxygens (including phenoxy) is 1. The maximum absolute atomic E-state index is 13.2.